The van der Waals surface area contributed by atoms with Crippen molar-refractivity contribution in [3.05, 3.63) is 94.5 Å². The van der Waals surface area contributed by atoms with Crippen molar-refractivity contribution in [1.29, 1.82) is 0 Å². The molecule has 0 saturated heterocycles. The van der Waals surface area contributed by atoms with Crippen LogP contribution in [0.4, 0.5) is 10.1 Å². The highest BCUT2D eigenvalue weighted by atomic mass is 32.2. The van der Waals surface area contributed by atoms with Crippen LogP contribution < -0.4 is 10.9 Å². The molecule has 1 amide bonds. The van der Waals surface area contributed by atoms with Crippen LogP contribution in [0.25, 0.3) is 16.6 Å². The quantitative estimate of drug-likeness (QED) is 0.357. The van der Waals surface area contributed by atoms with E-state index in [9.17, 15) is 14.0 Å². The van der Waals surface area contributed by atoms with Gasteiger partial charge in [0.05, 0.1) is 21.8 Å². The molecule has 3 aromatic carbocycles. The van der Waals surface area contributed by atoms with E-state index in [-0.39, 0.29) is 22.3 Å². The van der Waals surface area contributed by atoms with Crippen LogP contribution in [0.5, 0.6) is 0 Å². The summed E-state index contributed by atoms with van der Waals surface area (Å²) in [5.74, 6) is -0.776. The van der Waals surface area contributed by atoms with Crippen molar-refractivity contribution in [2.75, 3.05) is 5.32 Å². The Morgan fingerprint density at radius 1 is 1.03 bits per heavy atom. The number of nitrogens with one attached hydrogen (secondary N) is 1. The van der Waals surface area contributed by atoms with Gasteiger partial charge in [-0.1, -0.05) is 54.2 Å². The highest BCUT2D eigenvalue weighted by Gasteiger charge is 2.21. The third-order valence-electron chi connectivity index (χ3n) is 4.89. The standard InChI is InChI=1S/C24H20FN3O2S/c1-15-9-3-6-12-19(15)26-22(29)16(2)31-24-27-20-13-7-4-10-17(20)23(30)28(24)21-14-8-5-11-18(21)25/h3-14,16H,1-2H3,(H,26,29). The molecular weight excluding hydrogens is 413 g/mol. The molecule has 1 atom stereocenters. The molecule has 5 nitrogen and oxygen atoms in total. The zero-order valence-electron chi connectivity index (χ0n) is 17.0. The van der Waals surface area contributed by atoms with E-state index in [1.807, 2.05) is 31.2 Å². The monoisotopic (exact) mass is 433 g/mol. The number of nitrogens with zero attached hydrogens (tertiary/aromatic N) is 2. The lowest BCUT2D eigenvalue weighted by Crippen LogP contribution is -2.26. The van der Waals surface area contributed by atoms with Gasteiger partial charge in [-0.3, -0.25) is 14.2 Å². The topological polar surface area (TPSA) is 64.0 Å². The number of para-hydroxylation sites is 3. The van der Waals surface area contributed by atoms with Gasteiger partial charge in [0, 0.05) is 5.69 Å². The number of rotatable bonds is 5. The average Bonchev–Trinajstić information content (AvgIpc) is 2.76. The first-order valence-electron chi connectivity index (χ1n) is 9.75. The average molecular weight is 434 g/mol. The van der Waals surface area contributed by atoms with E-state index in [0.29, 0.717) is 10.9 Å². The molecule has 7 heteroatoms. The molecule has 1 unspecified atom stereocenters. The number of hydrogen-bond donors (Lipinski definition) is 1. The second kappa shape index (κ2) is 8.73. The number of aromatic nitrogens is 2. The largest absolute Gasteiger partial charge is 0.325 e. The van der Waals surface area contributed by atoms with Gasteiger partial charge in [0.1, 0.15) is 5.82 Å². The first kappa shape index (κ1) is 20.8. The molecule has 0 aliphatic carbocycles. The third-order valence-corrected chi connectivity index (χ3v) is 5.94. The predicted molar refractivity (Wildman–Crippen MR) is 122 cm³/mol. The lowest BCUT2D eigenvalue weighted by atomic mass is 10.2. The van der Waals surface area contributed by atoms with Gasteiger partial charge >= 0.3 is 0 Å². The minimum Gasteiger partial charge on any atom is -0.325 e. The molecule has 4 rings (SSSR count). The summed E-state index contributed by atoms with van der Waals surface area (Å²) in [6, 6.07) is 20.4. The lowest BCUT2D eigenvalue weighted by molar-refractivity contribution is -0.115. The summed E-state index contributed by atoms with van der Waals surface area (Å²) in [5.41, 5.74) is 1.87. The number of thioether (sulfide) groups is 1. The first-order chi connectivity index (χ1) is 15.0. The summed E-state index contributed by atoms with van der Waals surface area (Å²) in [7, 11) is 0. The van der Waals surface area contributed by atoms with Crippen molar-refractivity contribution in [2.45, 2.75) is 24.3 Å². The van der Waals surface area contributed by atoms with Gasteiger partial charge in [-0.2, -0.15) is 0 Å². The van der Waals surface area contributed by atoms with Crippen molar-refractivity contribution in [1.82, 2.24) is 9.55 Å². The van der Waals surface area contributed by atoms with Crippen molar-refractivity contribution in [2.24, 2.45) is 0 Å². The highest BCUT2D eigenvalue weighted by molar-refractivity contribution is 8.00. The predicted octanol–water partition coefficient (Wildman–Crippen LogP) is 4.95. The molecule has 4 aromatic rings. The van der Waals surface area contributed by atoms with Crippen LogP contribution in [0, 0.1) is 12.7 Å². The van der Waals surface area contributed by atoms with Crippen molar-refractivity contribution in [3.8, 4) is 5.69 Å². The fourth-order valence-electron chi connectivity index (χ4n) is 3.20. The van der Waals surface area contributed by atoms with E-state index in [1.54, 1.807) is 43.3 Å². The molecule has 0 radical (unpaired) electrons. The van der Waals surface area contributed by atoms with Crippen LogP contribution in [-0.2, 0) is 4.79 Å². The Morgan fingerprint density at radius 2 is 1.71 bits per heavy atom. The first-order valence-corrected chi connectivity index (χ1v) is 10.6. The molecule has 1 heterocycles. The Bertz CT molecular complexity index is 1340. The van der Waals surface area contributed by atoms with E-state index in [2.05, 4.69) is 10.3 Å². The second-order valence-electron chi connectivity index (χ2n) is 7.07. The van der Waals surface area contributed by atoms with Crippen molar-refractivity contribution < 1.29 is 9.18 Å². The smallest absolute Gasteiger partial charge is 0.266 e. The van der Waals surface area contributed by atoms with Crippen molar-refractivity contribution >= 4 is 34.3 Å². The normalized spacial score (nSPS) is 12.0. The number of aryl methyl sites for hydroxylation is 1. The van der Waals surface area contributed by atoms with Gasteiger partial charge in [0.15, 0.2) is 5.16 Å². The molecule has 0 aliphatic rings. The maximum Gasteiger partial charge on any atom is 0.266 e. The fourth-order valence-corrected chi connectivity index (χ4v) is 4.12. The Hall–Kier alpha value is -3.45. The number of fused-ring (bicyclic) bond motifs is 1. The van der Waals surface area contributed by atoms with Crippen LogP contribution in [-0.4, -0.2) is 20.7 Å². The molecule has 0 bridgehead atoms. The molecule has 1 N–H and O–H groups in total. The number of benzene rings is 3. The zero-order chi connectivity index (χ0) is 22.0. The Morgan fingerprint density at radius 3 is 2.48 bits per heavy atom. The molecular formula is C24H20FN3O2S. The summed E-state index contributed by atoms with van der Waals surface area (Å²) in [4.78, 5) is 30.6. The molecule has 0 fully saturated rings. The van der Waals surface area contributed by atoms with Crippen LogP contribution in [0.2, 0.25) is 0 Å². The van der Waals surface area contributed by atoms with Crippen LogP contribution >= 0.6 is 11.8 Å². The summed E-state index contributed by atoms with van der Waals surface area (Å²) < 4.78 is 15.8. The molecule has 31 heavy (non-hydrogen) atoms. The number of amides is 1. The third kappa shape index (κ3) is 4.22. The number of carbonyl (C=O) groups is 1. The lowest BCUT2D eigenvalue weighted by Gasteiger charge is -2.17. The molecule has 156 valence electrons. The number of anilines is 1. The van der Waals surface area contributed by atoms with E-state index in [4.69, 9.17) is 0 Å². The van der Waals surface area contributed by atoms with Gasteiger partial charge in [0.25, 0.3) is 5.56 Å². The molecule has 1 aromatic heterocycles. The van der Waals surface area contributed by atoms with Gasteiger partial charge in [-0.05, 0) is 49.7 Å². The maximum absolute atomic E-state index is 14.6. The van der Waals surface area contributed by atoms with Crippen LogP contribution in [0.1, 0.15) is 12.5 Å². The van der Waals surface area contributed by atoms with Crippen molar-refractivity contribution in [3.63, 3.8) is 0 Å². The number of hydrogen-bond acceptors (Lipinski definition) is 4. The van der Waals surface area contributed by atoms with E-state index < -0.39 is 11.1 Å². The van der Waals surface area contributed by atoms with E-state index in [0.717, 1.165) is 23.0 Å². The molecule has 0 aliphatic heterocycles. The summed E-state index contributed by atoms with van der Waals surface area (Å²) in [5, 5.41) is 2.96. The Balaban J connectivity index is 1.75. The Labute approximate surface area is 182 Å². The highest BCUT2D eigenvalue weighted by Crippen LogP contribution is 2.27. The van der Waals surface area contributed by atoms with Gasteiger partial charge < -0.3 is 5.32 Å². The minimum atomic E-state index is -0.578. The van der Waals surface area contributed by atoms with E-state index in [1.165, 1.54) is 16.7 Å². The maximum atomic E-state index is 14.6. The summed E-state index contributed by atoms with van der Waals surface area (Å²) >= 11 is 1.11. The Kier molecular flexibility index (Phi) is 5.86. The zero-order valence-corrected chi connectivity index (χ0v) is 17.8. The van der Waals surface area contributed by atoms with Crippen LogP contribution in [0.3, 0.4) is 0 Å². The number of carbonyl (C=O) groups excluding carboxylic acids is 1. The summed E-state index contributed by atoms with van der Waals surface area (Å²) in [6.45, 7) is 3.64. The second-order valence-corrected chi connectivity index (χ2v) is 8.38. The summed E-state index contributed by atoms with van der Waals surface area (Å²) in [6.07, 6.45) is 0. The van der Waals surface area contributed by atoms with E-state index >= 15 is 0 Å². The van der Waals surface area contributed by atoms with Gasteiger partial charge in [-0.25, -0.2) is 9.37 Å². The SMILES string of the molecule is Cc1ccccc1NC(=O)C(C)Sc1nc2ccccc2c(=O)n1-c1ccccc1F. The number of halogens is 1. The van der Waals surface area contributed by atoms with Gasteiger partial charge in [0.2, 0.25) is 5.91 Å². The van der Waals surface area contributed by atoms with Crippen LogP contribution in [0.15, 0.2) is 82.7 Å². The fraction of sp³-hybridized carbons (Fsp3) is 0.125. The molecule has 0 saturated carbocycles. The minimum absolute atomic E-state index is 0.0970. The molecule has 0 spiro atoms. The van der Waals surface area contributed by atoms with Gasteiger partial charge in [-0.15, -0.1) is 0 Å².